The van der Waals surface area contributed by atoms with Crippen molar-refractivity contribution >= 4 is 0 Å². The summed E-state index contributed by atoms with van der Waals surface area (Å²) >= 11 is 0. The highest BCUT2D eigenvalue weighted by molar-refractivity contribution is 5.37. The molecule has 1 atom stereocenters. The van der Waals surface area contributed by atoms with Crippen molar-refractivity contribution < 1.29 is 9.47 Å². The van der Waals surface area contributed by atoms with E-state index in [2.05, 4.69) is 6.07 Å². The van der Waals surface area contributed by atoms with Crippen LogP contribution in [-0.2, 0) is 13.0 Å². The molecule has 0 radical (unpaired) electrons. The molecule has 1 aliphatic heterocycles. The fourth-order valence-corrected chi connectivity index (χ4v) is 2.34. The van der Waals surface area contributed by atoms with Crippen LogP contribution in [0.5, 0.6) is 11.5 Å². The third-order valence-electron chi connectivity index (χ3n) is 3.33. The largest absolute Gasteiger partial charge is 0.489 e. The zero-order valence-corrected chi connectivity index (χ0v) is 10.7. The average Bonchev–Trinajstić information content (AvgIpc) is 2.88. The number of hydrogen-bond donors (Lipinski definition) is 1. The van der Waals surface area contributed by atoms with Gasteiger partial charge in [0.05, 0.1) is 0 Å². The molecule has 1 unspecified atom stereocenters. The Bertz CT molecular complexity index is 543. The first-order chi connectivity index (χ1) is 9.36. The van der Waals surface area contributed by atoms with Gasteiger partial charge in [0.2, 0.25) is 0 Å². The predicted octanol–water partition coefficient (Wildman–Crippen LogP) is 2.53. The van der Waals surface area contributed by atoms with Gasteiger partial charge in [0.15, 0.2) is 0 Å². The van der Waals surface area contributed by atoms with E-state index >= 15 is 0 Å². The molecule has 0 aromatic heterocycles. The van der Waals surface area contributed by atoms with Gasteiger partial charge in [-0.2, -0.15) is 0 Å². The molecular weight excluding hydrogens is 238 g/mol. The number of hydrogen-bond acceptors (Lipinski definition) is 3. The topological polar surface area (TPSA) is 44.5 Å². The Morgan fingerprint density at radius 3 is 2.74 bits per heavy atom. The molecule has 0 bridgehead atoms. The van der Waals surface area contributed by atoms with Gasteiger partial charge in [-0.1, -0.05) is 36.4 Å². The van der Waals surface area contributed by atoms with E-state index < -0.39 is 0 Å². The number of nitrogens with two attached hydrogens (primary N) is 1. The standard InChI is InChI=1S/C16H17NO2/c17-10-13-6-2-3-7-15(13)18-11-14-9-12-5-1-4-8-16(12)19-14/h1-8,14H,9-11,17H2. The summed E-state index contributed by atoms with van der Waals surface area (Å²) in [5, 5.41) is 0. The highest BCUT2D eigenvalue weighted by Gasteiger charge is 2.22. The second-order valence-corrected chi connectivity index (χ2v) is 4.67. The molecule has 3 rings (SSSR count). The zero-order valence-electron chi connectivity index (χ0n) is 10.7. The molecule has 1 heterocycles. The first-order valence-corrected chi connectivity index (χ1v) is 6.52. The molecule has 0 saturated carbocycles. The minimum Gasteiger partial charge on any atom is -0.489 e. The Morgan fingerprint density at radius 1 is 1.11 bits per heavy atom. The van der Waals surface area contributed by atoms with Crippen molar-refractivity contribution in [1.29, 1.82) is 0 Å². The first kappa shape index (κ1) is 12.1. The monoisotopic (exact) mass is 255 g/mol. The van der Waals surface area contributed by atoms with Crippen LogP contribution < -0.4 is 15.2 Å². The SMILES string of the molecule is NCc1ccccc1OCC1Cc2ccccc2O1. The third kappa shape index (κ3) is 2.56. The van der Waals surface area contributed by atoms with Gasteiger partial charge in [-0.25, -0.2) is 0 Å². The lowest BCUT2D eigenvalue weighted by atomic mass is 10.1. The smallest absolute Gasteiger partial charge is 0.137 e. The molecule has 1 aliphatic rings. The molecule has 2 aromatic rings. The van der Waals surface area contributed by atoms with Crippen molar-refractivity contribution in [2.75, 3.05) is 6.61 Å². The number of rotatable bonds is 4. The lowest BCUT2D eigenvalue weighted by Crippen LogP contribution is -2.22. The van der Waals surface area contributed by atoms with E-state index in [0.717, 1.165) is 23.5 Å². The Morgan fingerprint density at radius 2 is 1.89 bits per heavy atom. The Balaban J connectivity index is 1.63. The molecule has 0 saturated heterocycles. The molecule has 2 N–H and O–H groups in total. The van der Waals surface area contributed by atoms with Crippen molar-refractivity contribution in [3.8, 4) is 11.5 Å². The predicted molar refractivity (Wildman–Crippen MR) is 74.4 cm³/mol. The maximum Gasteiger partial charge on any atom is 0.137 e. The molecule has 19 heavy (non-hydrogen) atoms. The lowest BCUT2D eigenvalue weighted by molar-refractivity contribution is 0.148. The van der Waals surface area contributed by atoms with Gasteiger partial charge in [-0.05, 0) is 17.7 Å². The summed E-state index contributed by atoms with van der Waals surface area (Å²) in [4.78, 5) is 0. The van der Waals surface area contributed by atoms with Crippen LogP contribution in [-0.4, -0.2) is 12.7 Å². The van der Waals surface area contributed by atoms with Crippen LogP contribution in [0.15, 0.2) is 48.5 Å². The van der Waals surface area contributed by atoms with E-state index in [1.807, 2.05) is 42.5 Å². The quantitative estimate of drug-likeness (QED) is 0.913. The van der Waals surface area contributed by atoms with Crippen molar-refractivity contribution in [2.45, 2.75) is 19.1 Å². The fourth-order valence-electron chi connectivity index (χ4n) is 2.34. The van der Waals surface area contributed by atoms with Gasteiger partial charge in [0.25, 0.3) is 0 Å². The molecule has 2 aromatic carbocycles. The summed E-state index contributed by atoms with van der Waals surface area (Å²) in [5.74, 6) is 1.83. The van der Waals surface area contributed by atoms with Gasteiger partial charge in [0, 0.05) is 18.5 Å². The summed E-state index contributed by atoms with van der Waals surface area (Å²) in [6, 6.07) is 16.0. The van der Waals surface area contributed by atoms with E-state index in [1.165, 1.54) is 5.56 Å². The average molecular weight is 255 g/mol. The zero-order chi connectivity index (χ0) is 13.1. The van der Waals surface area contributed by atoms with E-state index in [9.17, 15) is 0 Å². The van der Waals surface area contributed by atoms with Crippen LogP contribution in [0.4, 0.5) is 0 Å². The fraction of sp³-hybridized carbons (Fsp3) is 0.250. The first-order valence-electron chi connectivity index (χ1n) is 6.52. The van der Waals surface area contributed by atoms with Gasteiger partial charge in [-0.15, -0.1) is 0 Å². The highest BCUT2D eigenvalue weighted by atomic mass is 16.5. The number of fused-ring (bicyclic) bond motifs is 1. The molecule has 0 spiro atoms. The van der Waals surface area contributed by atoms with Crippen molar-refractivity contribution in [3.63, 3.8) is 0 Å². The lowest BCUT2D eigenvalue weighted by Gasteiger charge is -2.14. The summed E-state index contributed by atoms with van der Waals surface area (Å²) < 4.78 is 11.7. The Hall–Kier alpha value is -2.00. The van der Waals surface area contributed by atoms with Crippen LogP contribution in [0, 0.1) is 0 Å². The normalized spacial score (nSPS) is 16.8. The second-order valence-electron chi connectivity index (χ2n) is 4.67. The summed E-state index contributed by atoms with van der Waals surface area (Å²) in [6.07, 6.45) is 0.990. The van der Waals surface area contributed by atoms with E-state index in [1.54, 1.807) is 0 Å². The van der Waals surface area contributed by atoms with Gasteiger partial charge in [0.1, 0.15) is 24.2 Å². The molecule has 98 valence electrons. The summed E-state index contributed by atoms with van der Waals surface area (Å²) in [6.45, 7) is 1.04. The minimum atomic E-state index is 0.0863. The van der Waals surface area contributed by atoms with Gasteiger partial charge >= 0.3 is 0 Å². The van der Waals surface area contributed by atoms with E-state index in [4.69, 9.17) is 15.2 Å². The molecular formula is C16H17NO2. The summed E-state index contributed by atoms with van der Waals surface area (Å²) in [5.41, 5.74) is 7.97. The molecule has 0 fully saturated rings. The third-order valence-corrected chi connectivity index (χ3v) is 3.33. The van der Waals surface area contributed by atoms with Crippen LogP contribution in [0.1, 0.15) is 11.1 Å². The number of ether oxygens (including phenoxy) is 2. The Kier molecular flexibility index (Phi) is 3.38. The Labute approximate surface area is 113 Å². The minimum absolute atomic E-state index is 0.0863. The van der Waals surface area contributed by atoms with Crippen molar-refractivity contribution in [1.82, 2.24) is 0 Å². The van der Waals surface area contributed by atoms with Gasteiger partial charge < -0.3 is 15.2 Å². The molecule has 3 heteroatoms. The number of benzene rings is 2. The molecule has 0 aliphatic carbocycles. The number of para-hydroxylation sites is 2. The summed E-state index contributed by atoms with van der Waals surface area (Å²) in [7, 11) is 0. The van der Waals surface area contributed by atoms with Crippen LogP contribution in [0.3, 0.4) is 0 Å². The van der Waals surface area contributed by atoms with Crippen LogP contribution in [0.25, 0.3) is 0 Å². The maximum absolute atomic E-state index is 5.85. The van der Waals surface area contributed by atoms with Gasteiger partial charge in [-0.3, -0.25) is 0 Å². The molecule has 3 nitrogen and oxygen atoms in total. The van der Waals surface area contributed by atoms with Crippen LogP contribution >= 0.6 is 0 Å². The highest BCUT2D eigenvalue weighted by Crippen LogP contribution is 2.28. The van der Waals surface area contributed by atoms with E-state index in [0.29, 0.717) is 13.2 Å². The van der Waals surface area contributed by atoms with E-state index in [-0.39, 0.29) is 6.10 Å². The maximum atomic E-state index is 5.85. The second kappa shape index (κ2) is 5.33. The van der Waals surface area contributed by atoms with Crippen molar-refractivity contribution in [3.05, 3.63) is 59.7 Å². The molecule has 0 amide bonds. The van der Waals surface area contributed by atoms with Crippen molar-refractivity contribution in [2.24, 2.45) is 5.73 Å². The van der Waals surface area contributed by atoms with Crippen LogP contribution in [0.2, 0.25) is 0 Å².